The van der Waals surface area contributed by atoms with Crippen LogP contribution < -0.4 is 4.74 Å². The minimum absolute atomic E-state index is 0.00275. The van der Waals surface area contributed by atoms with Crippen LogP contribution in [-0.4, -0.2) is 41.6 Å². The Morgan fingerprint density at radius 1 is 1.17 bits per heavy atom. The second-order valence-electron chi connectivity index (χ2n) is 5.51. The molecule has 0 N–H and O–H groups in total. The van der Waals surface area contributed by atoms with Crippen molar-refractivity contribution in [3.63, 3.8) is 0 Å². The molecule has 5 heteroatoms. The molecule has 0 saturated carbocycles. The lowest BCUT2D eigenvalue weighted by atomic mass is 10.2. The van der Waals surface area contributed by atoms with E-state index in [4.69, 9.17) is 9.47 Å². The van der Waals surface area contributed by atoms with Crippen LogP contribution in [0.3, 0.4) is 0 Å². The first kappa shape index (κ1) is 15.5. The van der Waals surface area contributed by atoms with Gasteiger partial charge in [-0.15, -0.1) is 0 Å². The van der Waals surface area contributed by atoms with E-state index in [1.807, 2.05) is 48.5 Å². The molecule has 1 aliphatic rings. The molecule has 1 aromatic heterocycles. The van der Waals surface area contributed by atoms with E-state index in [0.29, 0.717) is 25.6 Å². The SMILES string of the molecule is O=C(COCc1ccccc1)N1CC[C@@H](Oc2ccccn2)C1. The predicted molar refractivity (Wildman–Crippen MR) is 85.9 cm³/mol. The Morgan fingerprint density at radius 2 is 2.00 bits per heavy atom. The number of carbonyl (C=O) groups is 1. The lowest BCUT2D eigenvalue weighted by Gasteiger charge is -2.17. The third kappa shape index (κ3) is 4.53. The van der Waals surface area contributed by atoms with Crippen molar-refractivity contribution in [2.24, 2.45) is 0 Å². The number of pyridine rings is 1. The van der Waals surface area contributed by atoms with Crippen molar-refractivity contribution in [1.29, 1.82) is 0 Å². The Labute approximate surface area is 135 Å². The molecule has 1 amide bonds. The molecule has 1 aliphatic heterocycles. The highest BCUT2D eigenvalue weighted by Crippen LogP contribution is 2.16. The monoisotopic (exact) mass is 312 g/mol. The normalized spacial score (nSPS) is 17.2. The van der Waals surface area contributed by atoms with Crippen molar-refractivity contribution < 1.29 is 14.3 Å². The van der Waals surface area contributed by atoms with Gasteiger partial charge in [0.2, 0.25) is 11.8 Å². The highest BCUT2D eigenvalue weighted by Gasteiger charge is 2.27. The van der Waals surface area contributed by atoms with E-state index in [2.05, 4.69) is 4.98 Å². The van der Waals surface area contributed by atoms with Crippen molar-refractivity contribution in [2.75, 3.05) is 19.7 Å². The zero-order chi connectivity index (χ0) is 15.9. The fourth-order valence-electron chi connectivity index (χ4n) is 2.56. The van der Waals surface area contributed by atoms with Gasteiger partial charge in [-0.05, 0) is 11.6 Å². The number of carbonyl (C=O) groups excluding carboxylic acids is 1. The Bertz CT molecular complexity index is 619. The standard InChI is InChI=1S/C18H20N2O3/c21-18(14-22-13-15-6-2-1-3-7-15)20-11-9-16(12-20)23-17-8-4-5-10-19-17/h1-8,10,16H,9,11-14H2/t16-/m1/s1. The van der Waals surface area contributed by atoms with Crippen LogP contribution in [0.5, 0.6) is 5.88 Å². The van der Waals surface area contributed by atoms with Crippen LogP contribution >= 0.6 is 0 Å². The minimum atomic E-state index is 0.00275. The number of rotatable bonds is 6. The summed E-state index contributed by atoms with van der Waals surface area (Å²) >= 11 is 0. The molecular formula is C18H20N2O3. The van der Waals surface area contributed by atoms with Crippen molar-refractivity contribution >= 4 is 5.91 Å². The van der Waals surface area contributed by atoms with Gasteiger partial charge in [0.25, 0.3) is 0 Å². The van der Waals surface area contributed by atoms with Crippen LogP contribution in [0.4, 0.5) is 0 Å². The summed E-state index contributed by atoms with van der Waals surface area (Å²) in [5.74, 6) is 0.611. The average molecular weight is 312 g/mol. The molecule has 3 rings (SSSR count). The second kappa shape index (κ2) is 7.74. The topological polar surface area (TPSA) is 51.7 Å². The highest BCUT2D eigenvalue weighted by molar-refractivity contribution is 5.77. The quantitative estimate of drug-likeness (QED) is 0.821. The molecule has 120 valence electrons. The van der Waals surface area contributed by atoms with Crippen LogP contribution in [0.25, 0.3) is 0 Å². The summed E-state index contributed by atoms with van der Waals surface area (Å²) in [6.45, 7) is 1.84. The molecular weight excluding hydrogens is 292 g/mol. The van der Waals surface area contributed by atoms with Crippen LogP contribution in [0.15, 0.2) is 54.7 Å². The Hall–Kier alpha value is -2.40. The van der Waals surface area contributed by atoms with Crippen molar-refractivity contribution in [2.45, 2.75) is 19.1 Å². The summed E-state index contributed by atoms with van der Waals surface area (Å²) in [6.07, 6.45) is 2.52. The summed E-state index contributed by atoms with van der Waals surface area (Å²) in [6, 6.07) is 15.4. The molecule has 1 aromatic carbocycles. The van der Waals surface area contributed by atoms with E-state index >= 15 is 0 Å². The van der Waals surface area contributed by atoms with E-state index in [9.17, 15) is 4.79 Å². The third-order valence-corrected chi connectivity index (χ3v) is 3.76. The first-order valence-electron chi connectivity index (χ1n) is 7.78. The van der Waals surface area contributed by atoms with Crippen molar-refractivity contribution in [3.8, 4) is 5.88 Å². The Balaban J connectivity index is 1.41. The maximum Gasteiger partial charge on any atom is 0.248 e. The molecule has 0 aliphatic carbocycles. The van der Waals surface area contributed by atoms with Gasteiger partial charge < -0.3 is 14.4 Å². The van der Waals surface area contributed by atoms with Gasteiger partial charge in [-0.2, -0.15) is 0 Å². The van der Waals surface area contributed by atoms with E-state index in [-0.39, 0.29) is 18.6 Å². The maximum absolute atomic E-state index is 12.2. The fourth-order valence-corrected chi connectivity index (χ4v) is 2.56. The van der Waals surface area contributed by atoms with Gasteiger partial charge in [0, 0.05) is 25.2 Å². The summed E-state index contributed by atoms with van der Waals surface area (Å²) in [5.41, 5.74) is 1.07. The molecule has 1 fully saturated rings. The zero-order valence-electron chi connectivity index (χ0n) is 12.9. The fraction of sp³-hybridized carbons (Fsp3) is 0.333. The second-order valence-corrected chi connectivity index (χ2v) is 5.51. The molecule has 0 bridgehead atoms. The molecule has 2 aromatic rings. The molecule has 0 radical (unpaired) electrons. The Morgan fingerprint density at radius 3 is 2.78 bits per heavy atom. The molecule has 2 heterocycles. The number of hydrogen-bond donors (Lipinski definition) is 0. The lowest BCUT2D eigenvalue weighted by Crippen LogP contribution is -2.33. The van der Waals surface area contributed by atoms with Crippen molar-refractivity contribution in [3.05, 3.63) is 60.3 Å². The smallest absolute Gasteiger partial charge is 0.248 e. The van der Waals surface area contributed by atoms with Crippen molar-refractivity contribution in [1.82, 2.24) is 9.88 Å². The van der Waals surface area contributed by atoms with E-state index in [1.54, 1.807) is 11.1 Å². The lowest BCUT2D eigenvalue weighted by molar-refractivity contribution is -0.135. The maximum atomic E-state index is 12.2. The van der Waals surface area contributed by atoms with Crippen LogP contribution in [-0.2, 0) is 16.1 Å². The molecule has 1 atom stereocenters. The van der Waals surface area contributed by atoms with Gasteiger partial charge >= 0.3 is 0 Å². The van der Waals surface area contributed by atoms with Gasteiger partial charge in [0.05, 0.1) is 13.2 Å². The number of hydrogen-bond acceptors (Lipinski definition) is 4. The number of nitrogens with zero attached hydrogens (tertiary/aromatic N) is 2. The molecule has 5 nitrogen and oxygen atoms in total. The first-order chi connectivity index (χ1) is 11.3. The van der Waals surface area contributed by atoms with Gasteiger partial charge in [0.1, 0.15) is 12.7 Å². The van der Waals surface area contributed by atoms with Gasteiger partial charge in [-0.25, -0.2) is 4.98 Å². The number of amides is 1. The van der Waals surface area contributed by atoms with E-state index < -0.39 is 0 Å². The van der Waals surface area contributed by atoms with Crippen LogP contribution in [0, 0.1) is 0 Å². The average Bonchev–Trinajstić information content (AvgIpc) is 3.05. The van der Waals surface area contributed by atoms with Gasteiger partial charge in [-0.1, -0.05) is 36.4 Å². The predicted octanol–water partition coefficient (Wildman–Crippen LogP) is 2.28. The zero-order valence-corrected chi connectivity index (χ0v) is 12.9. The Kier molecular flexibility index (Phi) is 5.21. The van der Waals surface area contributed by atoms with Crippen LogP contribution in [0.1, 0.15) is 12.0 Å². The number of ether oxygens (including phenoxy) is 2. The molecule has 0 spiro atoms. The molecule has 1 saturated heterocycles. The molecule has 0 unspecified atom stereocenters. The highest BCUT2D eigenvalue weighted by atomic mass is 16.5. The largest absolute Gasteiger partial charge is 0.472 e. The van der Waals surface area contributed by atoms with Gasteiger partial charge in [-0.3, -0.25) is 4.79 Å². The minimum Gasteiger partial charge on any atom is -0.472 e. The summed E-state index contributed by atoms with van der Waals surface area (Å²) in [5, 5.41) is 0. The van der Waals surface area contributed by atoms with Crippen LogP contribution in [0.2, 0.25) is 0 Å². The third-order valence-electron chi connectivity index (χ3n) is 3.76. The first-order valence-corrected chi connectivity index (χ1v) is 7.78. The summed E-state index contributed by atoms with van der Waals surface area (Å²) < 4.78 is 11.3. The number of benzene rings is 1. The summed E-state index contributed by atoms with van der Waals surface area (Å²) in [7, 11) is 0. The van der Waals surface area contributed by atoms with Gasteiger partial charge in [0.15, 0.2) is 0 Å². The molecule has 23 heavy (non-hydrogen) atoms. The summed E-state index contributed by atoms with van der Waals surface area (Å²) in [4.78, 5) is 18.1. The van der Waals surface area contributed by atoms with E-state index in [1.165, 1.54) is 0 Å². The number of aromatic nitrogens is 1. The van der Waals surface area contributed by atoms with E-state index in [0.717, 1.165) is 12.0 Å². The number of likely N-dealkylation sites (tertiary alicyclic amines) is 1.